The molecular formula is C29H27IN2O8. The Morgan fingerprint density at radius 3 is 2.48 bits per heavy atom. The van der Waals surface area contributed by atoms with Crippen LogP contribution in [-0.4, -0.2) is 69.9 Å². The van der Waals surface area contributed by atoms with Crippen LogP contribution in [0.5, 0.6) is 11.5 Å². The average Bonchev–Trinajstić information content (AvgIpc) is 3.32. The summed E-state index contributed by atoms with van der Waals surface area (Å²) >= 11 is 2.10. The number of primary amides is 1. The van der Waals surface area contributed by atoms with Gasteiger partial charge in [0.15, 0.2) is 34.7 Å². The fraction of sp³-hybridized carbons (Fsp3) is 0.414. The number of fused-ring (bicyclic) bond motifs is 4. The van der Waals surface area contributed by atoms with Crippen molar-refractivity contribution < 1.29 is 38.9 Å². The van der Waals surface area contributed by atoms with Crippen LogP contribution < -0.4 is 10.5 Å². The van der Waals surface area contributed by atoms with Crippen LogP contribution >= 0.6 is 22.6 Å². The van der Waals surface area contributed by atoms with Gasteiger partial charge in [-0.2, -0.15) is 0 Å². The quantitative estimate of drug-likeness (QED) is 0.324. The lowest BCUT2D eigenvalue weighted by molar-refractivity contribution is -0.181. The second-order valence-corrected chi connectivity index (χ2v) is 12.5. The molecular weight excluding hydrogens is 631 g/mol. The molecule has 2 fully saturated rings. The van der Waals surface area contributed by atoms with Gasteiger partial charge in [-0.15, -0.1) is 0 Å². The minimum Gasteiger partial charge on any atom is -0.507 e. The maximum atomic E-state index is 14.0. The molecule has 0 aromatic heterocycles. The van der Waals surface area contributed by atoms with Crippen molar-refractivity contribution in [3.8, 4) is 11.5 Å². The Morgan fingerprint density at radius 2 is 1.82 bits per heavy atom. The van der Waals surface area contributed by atoms with Crippen molar-refractivity contribution in [2.75, 3.05) is 14.1 Å². The van der Waals surface area contributed by atoms with Gasteiger partial charge in [-0.1, -0.05) is 18.2 Å². The molecule has 2 aromatic rings. The number of benzene rings is 2. The smallest absolute Gasteiger partial charge is 0.235 e. The summed E-state index contributed by atoms with van der Waals surface area (Å²) in [7, 11) is 3.11. The number of likely N-dealkylation sites (N-methyl/N-ethyl adjacent to an activating group) is 1. The molecule has 0 saturated heterocycles. The molecule has 40 heavy (non-hydrogen) atoms. The van der Waals surface area contributed by atoms with E-state index in [1.165, 1.54) is 4.90 Å². The number of rotatable bonds is 3. The van der Waals surface area contributed by atoms with E-state index < -0.39 is 70.5 Å². The number of hydrogen-bond donors (Lipinski definition) is 3. The summed E-state index contributed by atoms with van der Waals surface area (Å²) in [5, 5.41) is 23.1. The van der Waals surface area contributed by atoms with Gasteiger partial charge in [0.2, 0.25) is 5.91 Å². The minimum absolute atomic E-state index is 0.0174. The van der Waals surface area contributed by atoms with Crippen molar-refractivity contribution in [2.24, 2.45) is 29.4 Å². The number of halogens is 1. The standard InChI is InChI=1S/C29H27IN2O8/c1-32(2)22-15-8-12-7-13-16(30)10-14(18-9-11-5-3-4-6-17(11)40-18)23(33)20(13)24(34)19(12)26(36)29(15,39)27(37)21(25(22)35)28(31)38/h3-6,10,12,15,18-19,21-22,33,39H,7-9H2,1-2H3,(H2,31,38)/t12-,15-,18?,19?,21?,22-,29-/m0/s1. The van der Waals surface area contributed by atoms with Crippen LogP contribution in [0.1, 0.15) is 39.6 Å². The van der Waals surface area contributed by atoms with E-state index >= 15 is 0 Å². The monoisotopic (exact) mass is 658 g/mol. The number of hydrogen-bond acceptors (Lipinski definition) is 9. The van der Waals surface area contributed by atoms with Crippen LogP contribution in [0.4, 0.5) is 0 Å². The van der Waals surface area contributed by atoms with Gasteiger partial charge < -0.3 is 20.7 Å². The van der Waals surface area contributed by atoms with Crippen molar-refractivity contribution in [2.45, 2.75) is 37.0 Å². The first kappa shape index (κ1) is 27.0. The maximum Gasteiger partial charge on any atom is 0.235 e. The summed E-state index contributed by atoms with van der Waals surface area (Å²) in [6.07, 6.45) is 0.190. The zero-order chi connectivity index (χ0) is 28.8. The highest BCUT2D eigenvalue weighted by molar-refractivity contribution is 14.1. The molecule has 3 unspecified atom stereocenters. The lowest BCUT2D eigenvalue weighted by Crippen LogP contribution is -2.74. The van der Waals surface area contributed by atoms with Crippen molar-refractivity contribution in [3.63, 3.8) is 0 Å². The van der Waals surface area contributed by atoms with E-state index in [0.29, 0.717) is 26.9 Å². The number of para-hydroxylation sites is 1. The molecule has 0 spiro atoms. The molecule has 1 heterocycles. The van der Waals surface area contributed by atoms with Gasteiger partial charge in [0.25, 0.3) is 0 Å². The topological polar surface area (TPSA) is 164 Å². The van der Waals surface area contributed by atoms with Gasteiger partial charge in [-0.05, 0) is 78.7 Å². The molecule has 2 aromatic carbocycles. The van der Waals surface area contributed by atoms with Crippen molar-refractivity contribution in [3.05, 3.63) is 56.2 Å². The van der Waals surface area contributed by atoms with Gasteiger partial charge in [0.05, 0.1) is 17.5 Å². The van der Waals surface area contributed by atoms with E-state index in [1.807, 2.05) is 24.3 Å². The number of phenolic OH excluding ortho intramolecular Hbond substituents is 1. The number of aliphatic hydroxyl groups is 1. The van der Waals surface area contributed by atoms with Crippen molar-refractivity contribution in [1.82, 2.24) is 4.90 Å². The highest BCUT2D eigenvalue weighted by atomic mass is 127. The molecule has 2 saturated carbocycles. The first-order valence-corrected chi connectivity index (χ1v) is 14.1. The first-order chi connectivity index (χ1) is 18.9. The molecule has 1 amide bonds. The SMILES string of the molecule is CN(C)[C@@H]1C(=O)C(C(N)=O)C(=O)[C@@]2(O)C(=O)C3C(=O)c4c(O)c(C5Cc6ccccc6O5)cc(I)c4C[C@H]3C[C@@H]12. The van der Waals surface area contributed by atoms with Gasteiger partial charge in [0, 0.05) is 21.5 Å². The van der Waals surface area contributed by atoms with E-state index in [0.717, 1.165) is 5.56 Å². The zero-order valence-electron chi connectivity index (χ0n) is 21.7. The predicted octanol–water partition coefficient (Wildman–Crippen LogP) is 1.15. The molecule has 0 bridgehead atoms. The molecule has 3 aliphatic carbocycles. The number of nitrogens with two attached hydrogens (primary N) is 1. The van der Waals surface area contributed by atoms with Crippen LogP contribution in [0.2, 0.25) is 0 Å². The number of ketones is 4. The Hall–Kier alpha value is -3.16. The number of amides is 1. The molecule has 10 nitrogen and oxygen atoms in total. The van der Waals surface area contributed by atoms with Crippen LogP contribution in [0.25, 0.3) is 0 Å². The van der Waals surface area contributed by atoms with Crippen LogP contribution in [0, 0.1) is 27.2 Å². The Balaban J connectivity index is 1.43. The summed E-state index contributed by atoms with van der Waals surface area (Å²) in [5.41, 5.74) is 4.56. The summed E-state index contributed by atoms with van der Waals surface area (Å²) in [5.74, 6) is -9.84. The molecule has 1 aliphatic heterocycles. The molecule has 4 aliphatic rings. The van der Waals surface area contributed by atoms with Crippen LogP contribution in [-0.2, 0) is 32.0 Å². The number of ether oxygens (including phenoxy) is 1. The molecule has 0 radical (unpaired) electrons. The zero-order valence-corrected chi connectivity index (χ0v) is 23.9. The summed E-state index contributed by atoms with van der Waals surface area (Å²) in [6, 6.07) is 8.15. The van der Waals surface area contributed by atoms with Gasteiger partial charge >= 0.3 is 0 Å². The minimum atomic E-state index is -2.74. The van der Waals surface area contributed by atoms with E-state index in [1.54, 1.807) is 20.2 Å². The number of Topliss-reactive ketones (excluding diaryl/α,β-unsaturated/α-hetero) is 4. The Morgan fingerprint density at radius 1 is 1.12 bits per heavy atom. The van der Waals surface area contributed by atoms with Crippen LogP contribution in [0.15, 0.2) is 30.3 Å². The third kappa shape index (κ3) is 3.56. The Kier molecular flexibility index (Phi) is 6.20. The number of carbonyl (C=O) groups is 5. The second-order valence-electron chi connectivity index (χ2n) is 11.4. The van der Waals surface area contributed by atoms with E-state index in [2.05, 4.69) is 22.6 Å². The Bertz CT molecular complexity index is 1510. The van der Waals surface area contributed by atoms with Gasteiger partial charge in [-0.3, -0.25) is 28.9 Å². The summed E-state index contributed by atoms with van der Waals surface area (Å²) in [6.45, 7) is 0. The van der Waals surface area contributed by atoms with Crippen molar-refractivity contribution >= 4 is 51.6 Å². The largest absolute Gasteiger partial charge is 0.507 e. The third-order valence-corrected chi connectivity index (χ3v) is 9.99. The van der Waals surface area contributed by atoms with Crippen LogP contribution in [0.3, 0.4) is 0 Å². The lowest BCUT2D eigenvalue weighted by atomic mass is 9.52. The summed E-state index contributed by atoms with van der Waals surface area (Å²) < 4.78 is 6.77. The summed E-state index contributed by atoms with van der Waals surface area (Å²) in [4.78, 5) is 68.2. The number of carbonyl (C=O) groups excluding carboxylic acids is 5. The average molecular weight is 658 g/mol. The number of nitrogens with zero attached hydrogens (tertiary/aromatic N) is 1. The highest BCUT2D eigenvalue weighted by Crippen LogP contribution is 2.52. The van der Waals surface area contributed by atoms with Crippen molar-refractivity contribution in [1.29, 1.82) is 0 Å². The Labute approximate surface area is 243 Å². The van der Waals surface area contributed by atoms with E-state index in [-0.39, 0.29) is 24.2 Å². The van der Waals surface area contributed by atoms with E-state index in [4.69, 9.17) is 10.5 Å². The molecule has 7 atom stereocenters. The third-order valence-electron chi connectivity index (χ3n) is 9.03. The van der Waals surface area contributed by atoms with E-state index in [9.17, 15) is 34.2 Å². The fourth-order valence-corrected chi connectivity index (χ4v) is 8.07. The van der Waals surface area contributed by atoms with Gasteiger partial charge in [-0.25, -0.2) is 0 Å². The molecule has 6 rings (SSSR count). The fourth-order valence-electron chi connectivity index (χ4n) is 7.25. The predicted molar refractivity (Wildman–Crippen MR) is 148 cm³/mol. The molecule has 4 N–H and O–H groups in total. The molecule has 208 valence electrons. The first-order valence-electron chi connectivity index (χ1n) is 13.0. The second kappa shape index (κ2) is 9.18. The lowest BCUT2D eigenvalue weighted by Gasteiger charge is -2.52. The maximum absolute atomic E-state index is 14.0. The number of phenols is 1. The highest BCUT2D eigenvalue weighted by Gasteiger charge is 2.69. The normalized spacial score (nSPS) is 32.7. The molecule has 11 heteroatoms. The van der Waals surface area contributed by atoms with Gasteiger partial charge in [0.1, 0.15) is 17.6 Å². The number of aromatic hydroxyl groups is 1.